The average Bonchev–Trinajstić information content (AvgIpc) is 2.94. The standard InChI is InChI=1S/C25H24ClN3OS.CH3NO.CH5N.O.W/c1-17-8-7-9-19(12-17)13-23(30)29-16-31-24(18(2)27-3)21-14-22(25(26)28-15-21)20-10-5-4-6-11-20;2-1-3;1-2;;/h4-12,14-15H,3,13,16H2,1-2H3,(H,29,30);1H,(H2,2,3);2H2,1H3;;/b24-18-;;;;. The summed E-state index contributed by atoms with van der Waals surface area (Å²) in [6.45, 7) is 7.56. The van der Waals surface area contributed by atoms with Crippen LogP contribution in [0.5, 0.6) is 0 Å². The monoisotopic (exact) mass is 725 g/mol. The number of pyridine rings is 1. The minimum absolute atomic E-state index is 0.0270. The number of primary amides is 1. The number of hydrogen-bond acceptors (Lipinski definition) is 7. The Labute approximate surface area is 244 Å². The van der Waals surface area contributed by atoms with Crippen LogP contribution in [-0.2, 0) is 39.2 Å². The molecule has 2 amide bonds. The summed E-state index contributed by atoms with van der Waals surface area (Å²) in [6, 6.07) is 19.8. The molecule has 1 aromatic heterocycles. The predicted molar refractivity (Wildman–Crippen MR) is 153 cm³/mol. The van der Waals surface area contributed by atoms with E-state index in [0.29, 0.717) is 37.2 Å². The van der Waals surface area contributed by atoms with Gasteiger partial charge in [-0.1, -0.05) is 71.8 Å². The Balaban J connectivity index is 0.00000179. The van der Waals surface area contributed by atoms with E-state index in [1.807, 2.05) is 74.5 Å². The van der Waals surface area contributed by atoms with E-state index in [1.165, 1.54) is 18.8 Å². The predicted octanol–water partition coefficient (Wildman–Crippen LogP) is 4.70. The van der Waals surface area contributed by atoms with Gasteiger partial charge in [0, 0.05) is 22.2 Å². The van der Waals surface area contributed by atoms with Gasteiger partial charge in [0.1, 0.15) is 5.15 Å². The van der Waals surface area contributed by atoms with Gasteiger partial charge < -0.3 is 16.8 Å². The fraction of sp³-hybridized carbons (Fsp3) is 0.185. The number of carbonyl (C=O) groups is 2. The molecule has 0 aliphatic carbocycles. The van der Waals surface area contributed by atoms with Crippen molar-refractivity contribution in [2.24, 2.45) is 16.5 Å². The third kappa shape index (κ3) is 12.5. The normalized spacial score (nSPS) is 10.0. The van der Waals surface area contributed by atoms with E-state index in [-0.39, 0.29) is 12.3 Å². The van der Waals surface area contributed by atoms with Gasteiger partial charge in [-0.3, -0.25) is 14.6 Å². The molecule has 0 atom stereocenters. The van der Waals surface area contributed by atoms with E-state index >= 15 is 0 Å². The second-order valence-electron chi connectivity index (χ2n) is 7.19. The molecular formula is C27H32ClN5O3SW. The Morgan fingerprint density at radius 3 is 2.37 bits per heavy atom. The number of nitrogens with one attached hydrogen (secondary N) is 1. The van der Waals surface area contributed by atoms with Crippen molar-refractivity contribution in [1.29, 1.82) is 0 Å². The van der Waals surface area contributed by atoms with Crippen LogP contribution >= 0.6 is 23.4 Å². The molecule has 0 aliphatic heterocycles. The second-order valence-corrected chi connectivity index (χ2v) is 8.54. The molecule has 0 aliphatic rings. The molecule has 202 valence electrons. The van der Waals surface area contributed by atoms with Crippen LogP contribution in [0, 0.1) is 6.92 Å². The summed E-state index contributed by atoms with van der Waals surface area (Å²) < 4.78 is 8.33. The van der Waals surface area contributed by atoms with Crippen molar-refractivity contribution in [3.05, 3.63) is 94.4 Å². The number of rotatable bonds is 8. The number of thioether (sulfide) groups is 1. The van der Waals surface area contributed by atoms with Crippen molar-refractivity contribution in [2.75, 3.05) is 12.9 Å². The number of benzene rings is 2. The van der Waals surface area contributed by atoms with Crippen molar-refractivity contribution in [3.63, 3.8) is 0 Å². The van der Waals surface area contributed by atoms with E-state index in [1.54, 1.807) is 6.20 Å². The summed E-state index contributed by atoms with van der Waals surface area (Å²) >= 11 is 8.18. The Bertz CT molecular complexity index is 1200. The number of aryl methyl sites for hydroxylation is 1. The Morgan fingerprint density at radius 1 is 1.16 bits per heavy atom. The van der Waals surface area contributed by atoms with Gasteiger partial charge in [-0.2, -0.15) is 0 Å². The van der Waals surface area contributed by atoms with E-state index < -0.39 is 0 Å². The van der Waals surface area contributed by atoms with Crippen molar-refractivity contribution >= 4 is 47.3 Å². The number of allylic oxidation sites excluding steroid dienone is 1. The quantitative estimate of drug-likeness (QED) is 0.133. The fourth-order valence-corrected chi connectivity index (χ4v) is 4.26. The molecule has 0 saturated heterocycles. The second kappa shape index (κ2) is 21.0. The van der Waals surface area contributed by atoms with Crippen LogP contribution in [0.1, 0.15) is 23.6 Å². The van der Waals surface area contributed by atoms with Crippen molar-refractivity contribution in [2.45, 2.75) is 20.3 Å². The summed E-state index contributed by atoms with van der Waals surface area (Å²) in [5.41, 5.74) is 14.3. The van der Waals surface area contributed by atoms with Gasteiger partial charge in [0.2, 0.25) is 12.3 Å². The van der Waals surface area contributed by atoms with Crippen LogP contribution in [-0.4, -0.2) is 36.9 Å². The van der Waals surface area contributed by atoms with Gasteiger partial charge in [0.25, 0.3) is 0 Å². The number of hydrogen-bond donors (Lipinski definition) is 3. The van der Waals surface area contributed by atoms with Crippen molar-refractivity contribution in [3.8, 4) is 11.1 Å². The van der Waals surface area contributed by atoms with E-state index in [9.17, 15) is 4.79 Å². The first-order chi connectivity index (χ1) is 18.4. The fourth-order valence-electron chi connectivity index (χ4n) is 3.12. The zero-order valence-electron chi connectivity index (χ0n) is 21.5. The number of halogens is 1. The van der Waals surface area contributed by atoms with Crippen LogP contribution in [0.3, 0.4) is 0 Å². The molecule has 0 saturated carbocycles. The summed E-state index contributed by atoms with van der Waals surface area (Å²) in [7, 11) is 1.50. The van der Waals surface area contributed by atoms with Gasteiger partial charge in [-0.05, 0) is 44.8 Å². The van der Waals surface area contributed by atoms with Gasteiger partial charge in [0.05, 0.1) is 18.0 Å². The Morgan fingerprint density at radius 2 is 1.79 bits per heavy atom. The third-order valence-electron chi connectivity index (χ3n) is 4.68. The molecule has 2 aromatic carbocycles. The van der Waals surface area contributed by atoms with E-state index in [4.69, 9.17) is 19.8 Å². The molecule has 0 radical (unpaired) electrons. The average molecular weight is 726 g/mol. The molecule has 5 N–H and O–H groups in total. The molecule has 38 heavy (non-hydrogen) atoms. The number of carbonyl (C=O) groups excluding carboxylic acids is 2. The molecule has 3 rings (SSSR count). The molecule has 0 bridgehead atoms. The van der Waals surface area contributed by atoms with Gasteiger partial charge >= 0.3 is 23.2 Å². The Kier molecular flexibility index (Phi) is 19.4. The first-order valence-corrected chi connectivity index (χ1v) is 13.7. The maximum absolute atomic E-state index is 12.4. The minimum atomic E-state index is -0.0270. The van der Waals surface area contributed by atoms with E-state index in [0.717, 1.165) is 38.4 Å². The number of nitrogens with zero attached hydrogens (tertiary/aromatic N) is 2. The number of nitrogens with two attached hydrogens (primary N) is 2. The van der Waals surface area contributed by atoms with Crippen molar-refractivity contribution < 1.29 is 32.8 Å². The molecule has 1 heterocycles. The van der Waals surface area contributed by atoms with Crippen LogP contribution in [0.15, 0.2) is 77.5 Å². The number of aromatic nitrogens is 1. The SMILES string of the molecule is C=N/C(C)=C(\SCNC(=O)Cc1cccc(C)c1)c1cnc(Cl)c(-c2ccccc2)c1.CN.NC=O.[O]=[W]. The van der Waals surface area contributed by atoms with Gasteiger partial charge in [-0.25, -0.2) is 4.98 Å². The van der Waals surface area contributed by atoms with Crippen molar-refractivity contribution in [1.82, 2.24) is 10.3 Å². The van der Waals surface area contributed by atoms with E-state index in [2.05, 4.69) is 33.5 Å². The number of amides is 2. The Hall–Kier alpha value is -2.97. The van der Waals surface area contributed by atoms with Gasteiger partial charge in [-0.15, -0.1) is 11.8 Å². The first-order valence-electron chi connectivity index (χ1n) is 11.1. The maximum atomic E-state index is 12.4. The first kappa shape index (κ1) is 35.0. The zero-order valence-corrected chi connectivity index (χ0v) is 26.0. The molecule has 8 nitrogen and oxygen atoms in total. The summed E-state index contributed by atoms with van der Waals surface area (Å²) in [6.07, 6.45) is 2.32. The van der Waals surface area contributed by atoms with Crippen LogP contribution < -0.4 is 16.8 Å². The summed E-state index contributed by atoms with van der Waals surface area (Å²) in [5.74, 6) is 0.386. The zero-order chi connectivity index (χ0) is 28.9. The topological polar surface area (TPSA) is 141 Å². The number of aliphatic imine (C=N–C) groups is 1. The van der Waals surface area contributed by atoms with Crippen LogP contribution in [0.4, 0.5) is 0 Å². The van der Waals surface area contributed by atoms with Crippen LogP contribution in [0.2, 0.25) is 5.15 Å². The molecule has 3 aromatic rings. The van der Waals surface area contributed by atoms with Gasteiger partial charge in [0.15, 0.2) is 0 Å². The summed E-state index contributed by atoms with van der Waals surface area (Å²) in [4.78, 5) is 30.3. The third-order valence-corrected chi connectivity index (χ3v) is 6.09. The van der Waals surface area contributed by atoms with Crippen LogP contribution in [0.25, 0.3) is 16.0 Å². The molecule has 0 fully saturated rings. The molecule has 0 unspecified atom stereocenters. The molecule has 11 heteroatoms. The molecule has 0 spiro atoms. The summed E-state index contributed by atoms with van der Waals surface area (Å²) in [5, 5.41) is 3.41. The molecular weight excluding hydrogens is 694 g/mol.